The number of ether oxygens (including phenoxy) is 1. The molecule has 1 rings (SSSR count). The van der Waals surface area contributed by atoms with E-state index < -0.39 is 0 Å². The minimum absolute atomic E-state index is 0.521. The summed E-state index contributed by atoms with van der Waals surface area (Å²) in [5.41, 5.74) is 0.951. The molecular weight excluding hydrogens is 180 g/mol. The monoisotopic (exact) mass is 198 g/mol. The average Bonchev–Trinajstić information content (AvgIpc) is 2.52. The molecule has 1 aromatic heterocycles. The predicted octanol–water partition coefficient (Wildman–Crippen LogP) is 1.36. The van der Waals surface area contributed by atoms with Gasteiger partial charge in [0.1, 0.15) is 5.76 Å². The molecule has 4 nitrogen and oxygen atoms in total. The molecule has 1 heterocycles. The molecule has 1 aromatic rings. The fourth-order valence-electron chi connectivity index (χ4n) is 1.29. The van der Waals surface area contributed by atoms with Crippen LogP contribution in [0.5, 0.6) is 0 Å². The van der Waals surface area contributed by atoms with Gasteiger partial charge >= 0.3 is 0 Å². The molecule has 0 aliphatic carbocycles. The van der Waals surface area contributed by atoms with Gasteiger partial charge in [0.25, 0.3) is 0 Å². The van der Waals surface area contributed by atoms with Crippen molar-refractivity contribution in [3.8, 4) is 0 Å². The van der Waals surface area contributed by atoms with Crippen molar-refractivity contribution in [3.63, 3.8) is 0 Å². The number of aromatic nitrogens is 1. The van der Waals surface area contributed by atoms with Gasteiger partial charge in [0.2, 0.25) is 0 Å². The Hall–Kier alpha value is -0.870. The molecule has 0 aromatic carbocycles. The van der Waals surface area contributed by atoms with Gasteiger partial charge in [-0.3, -0.25) is 0 Å². The molecule has 1 N–H and O–H groups in total. The Morgan fingerprint density at radius 2 is 2.43 bits per heavy atom. The van der Waals surface area contributed by atoms with Crippen LogP contribution in [0.15, 0.2) is 10.6 Å². The Bertz CT molecular complexity index is 260. The van der Waals surface area contributed by atoms with Crippen LogP contribution in [0.4, 0.5) is 0 Å². The van der Waals surface area contributed by atoms with Crippen molar-refractivity contribution < 1.29 is 9.26 Å². The van der Waals surface area contributed by atoms with E-state index in [0.29, 0.717) is 5.92 Å². The Kier molecular flexibility index (Phi) is 4.62. The highest BCUT2D eigenvalue weighted by Crippen LogP contribution is 2.01. The second-order valence-electron chi connectivity index (χ2n) is 3.62. The molecule has 0 saturated heterocycles. The quantitative estimate of drug-likeness (QED) is 0.749. The second-order valence-corrected chi connectivity index (χ2v) is 3.62. The van der Waals surface area contributed by atoms with Crippen LogP contribution in [0, 0.1) is 12.8 Å². The lowest BCUT2D eigenvalue weighted by atomic mass is 10.2. The van der Waals surface area contributed by atoms with Gasteiger partial charge < -0.3 is 14.6 Å². The summed E-state index contributed by atoms with van der Waals surface area (Å²) in [4.78, 5) is 0. The van der Waals surface area contributed by atoms with E-state index in [4.69, 9.17) is 9.26 Å². The van der Waals surface area contributed by atoms with Crippen molar-refractivity contribution in [3.05, 3.63) is 17.5 Å². The van der Waals surface area contributed by atoms with Crippen LogP contribution in [0.2, 0.25) is 0 Å². The summed E-state index contributed by atoms with van der Waals surface area (Å²) in [6, 6.07) is 1.94. The molecule has 0 amide bonds. The van der Waals surface area contributed by atoms with Crippen molar-refractivity contribution in [1.29, 1.82) is 0 Å². The molecule has 80 valence electrons. The number of aryl methyl sites for hydroxylation is 1. The maximum atomic E-state index is 5.04. The molecule has 0 aliphatic rings. The maximum Gasteiger partial charge on any atom is 0.133 e. The summed E-state index contributed by atoms with van der Waals surface area (Å²) in [5, 5.41) is 7.19. The van der Waals surface area contributed by atoms with Crippen molar-refractivity contribution >= 4 is 0 Å². The third kappa shape index (κ3) is 3.89. The van der Waals surface area contributed by atoms with E-state index >= 15 is 0 Å². The van der Waals surface area contributed by atoms with E-state index in [2.05, 4.69) is 17.4 Å². The van der Waals surface area contributed by atoms with Crippen LogP contribution in [0.1, 0.15) is 18.4 Å². The average molecular weight is 198 g/mol. The minimum Gasteiger partial charge on any atom is -0.384 e. The van der Waals surface area contributed by atoms with E-state index in [-0.39, 0.29) is 0 Å². The number of nitrogens with zero attached hydrogens (tertiary/aromatic N) is 1. The Morgan fingerprint density at radius 3 is 3.00 bits per heavy atom. The van der Waals surface area contributed by atoms with Crippen LogP contribution in [-0.4, -0.2) is 25.4 Å². The summed E-state index contributed by atoms with van der Waals surface area (Å²) in [5.74, 6) is 1.37. The lowest BCUT2D eigenvalue weighted by Gasteiger charge is -2.09. The molecule has 0 spiro atoms. The van der Waals surface area contributed by atoms with Gasteiger partial charge in [-0.15, -0.1) is 0 Å². The molecule has 0 radical (unpaired) electrons. The van der Waals surface area contributed by atoms with E-state index in [0.717, 1.165) is 31.2 Å². The third-order valence-corrected chi connectivity index (χ3v) is 1.93. The second kappa shape index (κ2) is 5.78. The number of methoxy groups -OCH3 is 1. The number of hydrogen-bond acceptors (Lipinski definition) is 4. The first-order chi connectivity index (χ1) is 6.72. The maximum absolute atomic E-state index is 5.04. The number of hydrogen-bond donors (Lipinski definition) is 1. The predicted molar refractivity (Wildman–Crippen MR) is 54.0 cm³/mol. The Morgan fingerprint density at radius 1 is 1.64 bits per heavy atom. The van der Waals surface area contributed by atoms with Crippen LogP contribution >= 0.6 is 0 Å². The highest BCUT2D eigenvalue weighted by atomic mass is 16.5. The van der Waals surface area contributed by atoms with Crippen molar-refractivity contribution in [2.45, 2.75) is 20.4 Å². The highest BCUT2D eigenvalue weighted by molar-refractivity contribution is 5.02. The minimum atomic E-state index is 0.521. The van der Waals surface area contributed by atoms with Gasteiger partial charge in [0.05, 0.1) is 5.69 Å². The SMILES string of the molecule is COCC(C)CNCc1cc(C)on1. The van der Waals surface area contributed by atoms with Crippen LogP contribution in [-0.2, 0) is 11.3 Å². The van der Waals surface area contributed by atoms with E-state index in [1.54, 1.807) is 7.11 Å². The summed E-state index contributed by atoms with van der Waals surface area (Å²) in [6.07, 6.45) is 0. The molecule has 4 heteroatoms. The summed E-state index contributed by atoms with van der Waals surface area (Å²) in [6.45, 7) is 6.50. The first-order valence-electron chi connectivity index (χ1n) is 4.84. The van der Waals surface area contributed by atoms with Gasteiger partial charge in [0.15, 0.2) is 0 Å². The molecule has 0 saturated carbocycles. The van der Waals surface area contributed by atoms with E-state index in [1.165, 1.54) is 0 Å². The van der Waals surface area contributed by atoms with Gasteiger partial charge in [-0.2, -0.15) is 0 Å². The fourth-order valence-corrected chi connectivity index (χ4v) is 1.29. The van der Waals surface area contributed by atoms with Crippen molar-refractivity contribution in [2.24, 2.45) is 5.92 Å². The summed E-state index contributed by atoms with van der Waals surface area (Å²) in [7, 11) is 1.72. The largest absolute Gasteiger partial charge is 0.384 e. The zero-order valence-corrected chi connectivity index (χ0v) is 9.04. The van der Waals surface area contributed by atoms with Gasteiger partial charge in [-0.05, 0) is 12.8 Å². The normalized spacial score (nSPS) is 13.1. The van der Waals surface area contributed by atoms with Gasteiger partial charge in [-0.25, -0.2) is 0 Å². The summed E-state index contributed by atoms with van der Waals surface area (Å²) >= 11 is 0. The molecule has 14 heavy (non-hydrogen) atoms. The standard InChI is InChI=1S/C10H18N2O2/c1-8(7-13-3)5-11-6-10-4-9(2)14-12-10/h4,8,11H,5-7H2,1-3H3. The van der Waals surface area contributed by atoms with Crippen LogP contribution < -0.4 is 5.32 Å². The molecule has 1 atom stereocenters. The third-order valence-electron chi connectivity index (χ3n) is 1.93. The topological polar surface area (TPSA) is 47.3 Å². The lowest BCUT2D eigenvalue weighted by molar-refractivity contribution is 0.158. The fraction of sp³-hybridized carbons (Fsp3) is 0.700. The van der Waals surface area contributed by atoms with Crippen molar-refractivity contribution in [1.82, 2.24) is 10.5 Å². The molecule has 0 bridgehead atoms. The smallest absolute Gasteiger partial charge is 0.133 e. The Balaban J connectivity index is 2.15. The number of rotatable bonds is 6. The highest BCUT2D eigenvalue weighted by Gasteiger charge is 2.02. The van der Waals surface area contributed by atoms with Crippen LogP contribution in [0.25, 0.3) is 0 Å². The summed E-state index contributed by atoms with van der Waals surface area (Å²) < 4.78 is 9.99. The van der Waals surface area contributed by atoms with E-state index in [1.807, 2.05) is 13.0 Å². The zero-order valence-electron chi connectivity index (χ0n) is 9.04. The zero-order chi connectivity index (χ0) is 10.4. The van der Waals surface area contributed by atoms with E-state index in [9.17, 15) is 0 Å². The van der Waals surface area contributed by atoms with Crippen molar-refractivity contribution in [2.75, 3.05) is 20.3 Å². The first kappa shape index (κ1) is 11.2. The lowest BCUT2D eigenvalue weighted by Crippen LogP contribution is -2.23. The van der Waals surface area contributed by atoms with Gasteiger partial charge in [-0.1, -0.05) is 12.1 Å². The Labute approximate surface area is 84.6 Å². The molecular formula is C10H18N2O2. The first-order valence-corrected chi connectivity index (χ1v) is 4.84. The molecule has 1 unspecified atom stereocenters. The van der Waals surface area contributed by atoms with Crippen LogP contribution in [0.3, 0.4) is 0 Å². The number of nitrogens with one attached hydrogen (secondary N) is 1. The molecule has 0 fully saturated rings. The van der Waals surface area contributed by atoms with Gasteiger partial charge in [0, 0.05) is 32.9 Å². The molecule has 0 aliphatic heterocycles.